The molecule has 0 atom stereocenters. The van der Waals surface area contributed by atoms with Gasteiger partial charge in [0.1, 0.15) is 9.88 Å². The average molecular weight is 336 g/mol. The lowest BCUT2D eigenvalue weighted by atomic mass is 10.2. The molecule has 0 saturated carbocycles. The Morgan fingerprint density at radius 2 is 2.14 bits per heavy atom. The first-order chi connectivity index (χ1) is 10.1. The average Bonchev–Trinajstić information content (AvgIpc) is 3.09. The highest BCUT2D eigenvalue weighted by molar-refractivity contribution is 7.17. The van der Waals surface area contributed by atoms with Crippen LogP contribution in [-0.2, 0) is 0 Å². The summed E-state index contributed by atoms with van der Waals surface area (Å²) in [5.41, 5.74) is 1.52. The molecular formula is C14H10ClN3OS2. The van der Waals surface area contributed by atoms with E-state index in [0.29, 0.717) is 20.7 Å². The number of halogens is 1. The highest BCUT2D eigenvalue weighted by Gasteiger charge is 2.18. The summed E-state index contributed by atoms with van der Waals surface area (Å²) in [6, 6.07) is 7.46. The zero-order valence-electron chi connectivity index (χ0n) is 11.0. The maximum atomic E-state index is 12.3. The predicted octanol–water partition coefficient (Wildman–Crippen LogP) is 4.48. The van der Waals surface area contributed by atoms with Crippen molar-refractivity contribution in [3.05, 3.63) is 51.4 Å². The Morgan fingerprint density at radius 3 is 2.86 bits per heavy atom. The molecule has 106 valence electrons. The monoisotopic (exact) mass is 335 g/mol. The van der Waals surface area contributed by atoms with Crippen molar-refractivity contribution < 1.29 is 4.79 Å². The van der Waals surface area contributed by atoms with E-state index in [9.17, 15) is 4.79 Å². The van der Waals surface area contributed by atoms with Gasteiger partial charge >= 0.3 is 0 Å². The smallest absolute Gasteiger partial charge is 0.269 e. The first-order valence-corrected chi connectivity index (χ1v) is 8.15. The zero-order chi connectivity index (χ0) is 14.8. The number of aromatic nitrogens is 2. The minimum atomic E-state index is -0.196. The number of thiazole rings is 2. The molecule has 2 aromatic heterocycles. The number of hydrogen-bond donors (Lipinski definition) is 1. The van der Waals surface area contributed by atoms with Gasteiger partial charge in [0.15, 0.2) is 5.13 Å². The fourth-order valence-corrected chi connectivity index (χ4v) is 3.60. The molecule has 21 heavy (non-hydrogen) atoms. The minimum absolute atomic E-state index is 0.196. The van der Waals surface area contributed by atoms with Gasteiger partial charge in [0.05, 0.1) is 10.7 Å². The first kappa shape index (κ1) is 14.2. The van der Waals surface area contributed by atoms with Crippen LogP contribution in [0.3, 0.4) is 0 Å². The number of hydrogen-bond acceptors (Lipinski definition) is 5. The number of aryl methyl sites for hydroxylation is 1. The predicted molar refractivity (Wildman–Crippen MR) is 87.4 cm³/mol. The van der Waals surface area contributed by atoms with E-state index in [1.54, 1.807) is 6.20 Å². The van der Waals surface area contributed by atoms with Gasteiger partial charge in [-0.15, -0.1) is 22.7 Å². The van der Waals surface area contributed by atoms with E-state index in [1.807, 2.05) is 36.6 Å². The molecule has 0 bridgehead atoms. The van der Waals surface area contributed by atoms with Crippen molar-refractivity contribution in [1.82, 2.24) is 9.97 Å². The number of benzene rings is 1. The fourth-order valence-electron chi connectivity index (χ4n) is 1.80. The SMILES string of the molecule is Cc1nc(-c2ccccc2Cl)sc1C(=O)Nc1nccs1. The number of carbonyl (C=O) groups excluding carboxylic acids is 1. The van der Waals surface area contributed by atoms with Crippen molar-refractivity contribution in [3.8, 4) is 10.6 Å². The van der Waals surface area contributed by atoms with Crippen LogP contribution in [0, 0.1) is 6.92 Å². The largest absolute Gasteiger partial charge is 0.297 e. The molecule has 3 aromatic rings. The Hall–Kier alpha value is -1.76. The number of anilines is 1. The molecule has 0 aliphatic rings. The van der Waals surface area contributed by atoms with Gasteiger partial charge < -0.3 is 0 Å². The highest BCUT2D eigenvalue weighted by Crippen LogP contribution is 2.33. The van der Waals surface area contributed by atoms with Crippen LogP contribution in [0.1, 0.15) is 15.4 Å². The third-order valence-electron chi connectivity index (χ3n) is 2.76. The topological polar surface area (TPSA) is 54.9 Å². The second-order valence-corrected chi connectivity index (χ2v) is 6.51. The molecule has 0 saturated heterocycles. The summed E-state index contributed by atoms with van der Waals surface area (Å²) >= 11 is 8.88. The van der Waals surface area contributed by atoms with Gasteiger partial charge in [0.25, 0.3) is 5.91 Å². The van der Waals surface area contributed by atoms with E-state index in [1.165, 1.54) is 22.7 Å². The zero-order valence-corrected chi connectivity index (χ0v) is 13.4. The van der Waals surface area contributed by atoms with Crippen LogP contribution in [0.5, 0.6) is 0 Å². The lowest BCUT2D eigenvalue weighted by molar-refractivity contribution is 0.103. The third kappa shape index (κ3) is 2.97. The van der Waals surface area contributed by atoms with E-state index in [4.69, 9.17) is 11.6 Å². The van der Waals surface area contributed by atoms with Crippen LogP contribution < -0.4 is 5.32 Å². The van der Waals surface area contributed by atoms with Crippen molar-refractivity contribution in [2.75, 3.05) is 5.32 Å². The number of carbonyl (C=O) groups is 1. The van der Waals surface area contributed by atoms with E-state index < -0.39 is 0 Å². The van der Waals surface area contributed by atoms with E-state index in [2.05, 4.69) is 15.3 Å². The summed E-state index contributed by atoms with van der Waals surface area (Å²) in [6.45, 7) is 1.81. The molecule has 7 heteroatoms. The van der Waals surface area contributed by atoms with E-state index >= 15 is 0 Å². The minimum Gasteiger partial charge on any atom is -0.297 e. The van der Waals surface area contributed by atoms with Crippen molar-refractivity contribution in [3.63, 3.8) is 0 Å². The summed E-state index contributed by atoms with van der Waals surface area (Å²) in [5.74, 6) is -0.196. The van der Waals surface area contributed by atoms with Gasteiger partial charge in [-0.05, 0) is 13.0 Å². The Kier molecular flexibility index (Phi) is 4.01. The molecule has 4 nitrogen and oxygen atoms in total. The second-order valence-electron chi connectivity index (χ2n) is 4.20. The molecule has 0 fully saturated rings. The normalized spacial score (nSPS) is 10.6. The molecular weight excluding hydrogens is 326 g/mol. The molecule has 1 amide bonds. The summed E-state index contributed by atoms with van der Waals surface area (Å²) in [7, 11) is 0. The number of amides is 1. The van der Waals surface area contributed by atoms with Gasteiger partial charge in [0.2, 0.25) is 0 Å². The Labute approximate surface area is 134 Å². The maximum absolute atomic E-state index is 12.3. The molecule has 0 spiro atoms. The van der Waals surface area contributed by atoms with Gasteiger partial charge in [-0.1, -0.05) is 29.8 Å². The van der Waals surface area contributed by atoms with E-state index in [-0.39, 0.29) is 5.91 Å². The first-order valence-electron chi connectivity index (χ1n) is 6.08. The summed E-state index contributed by atoms with van der Waals surface area (Å²) < 4.78 is 0. The Morgan fingerprint density at radius 1 is 1.33 bits per heavy atom. The maximum Gasteiger partial charge on any atom is 0.269 e. The highest BCUT2D eigenvalue weighted by atomic mass is 35.5. The van der Waals surface area contributed by atoms with Crippen molar-refractivity contribution >= 4 is 45.3 Å². The lowest BCUT2D eigenvalue weighted by Gasteiger charge is -1.99. The van der Waals surface area contributed by atoms with Crippen LogP contribution in [-0.4, -0.2) is 15.9 Å². The molecule has 0 aliphatic heterocycles. The summed E-state index contributed by atoms with van der Waals surface area (Å²) in [6.07, 6.45) is 1.65. The second kappa shape index (κ2) is 5.93. The Bertz CT molecular complexity index is 783. The molecule has 0 radical (unpaired) electrons. The van der Waals surface area contributed by atoms with Gasteiger partial charge in [-0.2, -0.15) is 0 Å². The van der Waals surface area contributed by atoms with Gasteiger partial charge in [-0.3, -0.25) is 10.1 Å². The molecule has 1 aromatic carbocycles. The number of nitrogens with one attached hydrogen (secondary N) is 1. The van der Waals surface area contributed by atoms with Crippen LogP contribution in [0.25, 0.3) is 10.6 Å². The van der Waals surface area contributed by atoms with Gasteiger partial charge in [0, 0.05) is 17.1 Å². The molecule has 1 N–H and O–H groups in total. The van der Waals surface area contributed by atoms with Crippen molar-refractivity contribution in [2.24, 2.45) is 0 Å². The molecule has 0 aliphatic carbocycles. The summed E-state index contributed by atoms with van der Waals surface area (Å²) in [5, 5.41) is 6.51. The van der Waals surface area contributed by atoms with Crippen LogP contribution in [0.2, 0.25) is 5.02 Å². The molecule has 2 heterocycles. The van der Waals surface area contributed by atoms with E-state index in [0.717, 1.165) is 10.6 Å². The quantitative estimate of drug-likeness (QED) is 0.767. The van der Waals surface area contributed by atoms with Crippen LogP contribution in [0.4, 0.5) is 5.13 Å². The fraction of sp³-hybridized carbons (Fsp3) is 0.0714. The molecule has 3 rings (SSSR count). The van der Waals surface area contributed by atoms with Crippen LogP contribution in [0.15, 0.2) is 35.8 Å². The third-order valence-corrected chi connectivity index (χ3v) is 4.97. The number of rotatable bonds is 3. The number of nitrogens with zero attached hydrogens (tertiary/aromatic N) is 2. The molecule has 0 unspecified atom stereocenters. The standard InChI is InChI=1S/C14H10ClN3OS2/c1-8-11(12(19)18-14-16-6-7-20-14)21-13(17-8)9-4-2-3-5-10(9)15/h2-7H,1H3,(H,16,18,19). The van der Waals surface area contributed by atoms with Crippen molar-refractivity contribution in [2.45, 2.75) is 6.92 Å². The lowest BCUT2D eigenvalue weighted by Crippen LogP contribution is -2.11. The van der Waals surface area contributed by atoms with Gasteiger partial charge in [-0.25, -0.2) is 9.97 Å². The van der Waals surface area contributed by atoms with Crippen LogP contribution >= 0.6 is 34.3 Å². The summed E-state index contributed by atoms with van der Waals surface area (Å²) in [4.78, 5) is 21.3. The van der Waals surface area contributed by atoms with Crippen molar-refractivity contribution in [1.29, 1.82) is 0 Å². The Balaban J connectivity index is 1.91.